The van der Waals surface area contributed by atoms with E-state index >= 15 is 0 Å². The zero-order valence-corrected chi connectivity index (χ0v) is 24.1. The van der Waals surface area contributed by atoms with E-state index in [-0.39, 0.29) is 6.09 Å². The Hall–Kier alpha value is -3.83. The molecule has 1 amide bonds. The molecule has 0 aliphatic carbocycles. The Kier molecular flexibility index (Phi) is 7.39. The van der Waals surface area contributed by atoms with E-state index in [0.717, 1.165) is 11.3 Å². The first-order valence-corrected chi connectivity index (χ1v) is 17.2. The maximum atomic E-state index is 13.4. The van der Waals surface area contributed by atoms with Crippen LogP contribution in [0.3, 0.4) is 0 Å². The number of amides is 1. The molecule has 4 aromatic carbocycles. The third kappa shape index (κ3) is 4.52. The molecule has 0 unspecified atom stereocenters. The second kappa shape index (κ2) is 10.9. The summed E-state index contributed by atoms with van der Waals surface area (Å²) in [6.07, 6.45) is 2.15. The molecule has 0 radical (unpaired) electrons. The fraction of sp³-hybridized carbons (Fsp3) is 0.147. The number of carbonyl (C=O) groups excluding carboxylic acids is 1. The Morgan fingerprint density at radius 2 is 1.21 bits per heavy atom. The standard InChI is InChI=1S/C34H33GeNO2/c1-4-17-31(36-33(37)38-26-34(36,2)3)32(27-18-9-5-10-19-27)35(28-20-11-6-12-21-28,29-22-13-7-14-23-29)30-24-15-8-16-25-30/h4-16,18-25H,1,17,26H2,2-3H3/b32-31+. The van der Waals surface area contributed by atoms with Crippen LogP contribution in [-0.4, -0.2) is 36.4 Å². The van der Waals surface area contributed by atoms with Crippen molar-refractivity contribution in [2.45, 2.75) is 25.8 Å². The molecule has 190 valence electrons. The number of rotatable bonds is 8. The van der Waals surface area contributed by atoms with Crippen molar-refractivity contribution in [2.75, 3.05) is 6.61 Å². The van der Waals surface area contributed by atoms with E-state index in [2.05, 4.69) is 136 Å². The summed E-state index contributed by atoms with van der Waals surface area (Å²) in [4.78, 5) is 15.3. The van der Waals surface area contributed by atoms with E-state index in [4.69, 9.17) is 4.74 Å². The molecule has 0 atom stereocenters. The number of cyclic esters (lactones) is 1. The van der Waals surface area contributed by atoms with Crippen molar-refractivity contribution in [3.8, 4) is 0 Å². The van der Waals surface area contributed by atoms with E-state index in [1.54, 1.807) is 0 Å². The summed E-state index contributed by atoms with van der Waals surface area (Å²) < 4.78 is 10.8. The summed E-state index contributed by atoms with van der Waals surface area (Å²) in [5, 5.41) is 0. The first-order chi connectivity index (χ1) is 18.5. The summed E-state index contributed by atoms with van der Waals surface area (Å²) in [5.74, 6) is 0. The predicted octanol–water partition coefficient (Wildman–Crippen LogP) is 5.91. The number of nitrogens with zero attached hydrogens (tertiary/aromatic N) is 1. The van der Waals surface area contributed by atoms with Gasteiger partial charge in [0.05, 0.1) is 0 Å². The minimum atomic E-state index is -3.75. The van der Waals surface area contributed by atoms with E-state index in [9.17, 15) is 4.79 Å². The fourth-order valence-corrected chi connectivity index (χ4v) is 16.6. The number of ether oxygens (including phenoxy) is 1. The fourth-order valence-electron chi connectivity index (χ4n) is 5.73. The van der Waals surface area contributed by atoms with Crippen LogP contribution in [0, 0.1) is 0 Å². The van der Waals surface area contributed by atoms with Gasteiger partial charge in [-0.3, -0.25) is 0 Å². The number of benzene rings is 4. The first kappa shape index (κ1) is 25.8. The van der Waals surface area contributed by atoms with Gasteiger partial charge in [0.1, 0.15) is 0 Å². The van der Waals surface area contributed by atoms with Gasteiger partial charge in [-0.25, -0.2) is 0 Å². The molecule has 5 rings (SSSR count). The molecule has 1 aliphatic rings. The Balaban J connectivity index is 2.03. The minimum absolute atomic E-state index is 0.300. The molecule has 1 heterocycles. The number of hydrogen-bond acceptors (Lipinski definition) is 2. The van der Waals surface area contributed by atoms with Gasteiger partial charge in [0.15, 0.2) is 0 Å². The average molecular weight is 560 g/mol. The molecule has 3 nitrogen and oxygen atoms in total. The average Bonchev–Trinajstić information content (AvgIpc) is 3.24. The third-order valence-corrected chi connectivity index (χ3v) is 17.6. The van der Waals surface area contributed by atoms with Crippen molar-refractivity contribution >= 4 is 37.0 Å². The van der Waals surface area contributed by atoms with Gasteiger partial charge >= 0.3 is 229 Å². The van der Waals surface area contributed by atoms with Crippen LogP contribution in [0.1, 0.15) is 25.8 Å². The Labute approximate surface area is 228 Å². The Bertz CT molecular complexity index is 1330. The SMILES string of the molecule is C=CC/C(=[C](/c1ccccc1)[Ge]([c]1ccccc1)([c]1ccccc1)[c]1ccccc1)N1C(=O)OCC1(C)C. The summed E-state index contributed by atoms with van der Waals surface area (Å²) >= 11 is -3.75. The van der Waals surface area contributed by atoms with Gasteiger partial charge in [0, 0.05) is 0 Å². The van der Waals surface area contributed by atoms with Crippen LogP contribution < -0.4 is 13.2 Å². The molecule has 0 spiro atoms. The van der Waals surface area contributed by atoms with Crippen LogP contribution in [0.25, 0.3) is 4.41 Å². The predicted molar refractivity (Wildman–Crippen MR) is 159 cm³/mol. The van der Waals surface area contributed by atoms with Crippen LogP contribution in [0.4, 0.5) is 4.79 Å². The summed E-state index contributed by atoms with van der Waals surface area (Å²) in [7, 11) is 0. The van der Waals surface area contributed by atoms with Gasteiger partial charge in [-0.1, -0.05) is 0 Å². The van der Waals surface area contributed by atoms with Gasteiger partial charge in [0.2, 0.25) is 0 Å². The molecule has 0 N–H and O–H groups in total. The van der Waals surface area contributed by atoms with Crippen molar-refractivity contribution in [1.82, 2.24) is 4.90 Å². The molecule has 0 aromatic heterocycles. The molecule has 0 saturated carbocycles. The second-order valence-electron chi connectivity index (χ2n) is 10.2. The van der Waals surface area contributed by atoms with Gasteiger partial charge in [0.25, 0.3) is 0 Å². The van der Waals surface area contributed by atoms with Crippen molar-refractivity contribution in [3.63, 3.8) is 0 Å². The number of allylic oxidation sites excluding steroid dienone is 1. The van der Waals surface area contributed by atoms with Crippen molar-refractivity contribution in [2.24, 2.45) is 0 Å². The summed E-state index contributed by atoms with van der Waals surface area (Å²) in [5.41, 5.74) is 1.60. The summed E-state index contributed by atoms with van der Waals surface area (Å²) in [6, 6.07) is 43.2. The monoisotopic (exact) mass is 561 g/mol. The zero-order chi connectivity index (χ0) is 26.6. The molecule has 4 aromatic rings. The number of carbonyl (C=O) groups is 1. The normalized spacial score (nSPS) is 15.5. The van der Waals surface area contributed by atoms with Gasteiger partial charge in [-0.15, -0.1) is 0 Å². The van der Waals surface area contributed by atoms with Crippen molar-refractivity contribution in [3.05, 3.63) is 145 Å². The van der Waals surface area contributed by atoms with Gasteiger partial charge < -0.3 is 0 Å². The molecule has 38 heavy (non-hydrogen) atoms. The van der Waals surface area contributed by atoms with Gasteiger partial charge in [-0.2, -0.15) is 0 Å². The quantitative estimate of drug-likeness (QED) is 0.198. The molecule has 4 heteroatoms. The zero-order valence-electron chi connectivity index (χ0n) is 22.0. The molecular weight excluding hydrogens is 527 g/mol. The van der Waals surface area contributed by atoms with Crippen LogP contribution in [0.2, 0.25) is 0 Å². The third-order valence-electron chi connectivity index (χ3n) is 7.29. The maximum absolute atomic E-state index is 13.4. The molecule has 1 fully saturated rings. The van der Waals surface area contributed by atoms with Gasteiger partial charge in [-0.05, 0) is 0 Å². The second-order valence-corrected chi connectivity index (χ2v) is 18.1. The van der Waals surface area contributed by atoms with Crippen LogP contribution in [-0.2, 0) is 4.74 Å². The molecule has 1 aliphatic heterocycles. The molecule has 0 bridgehead atoms. The van der Waals surface area contributed by atoms with Crippen LogP contribution in [0.15, 0.2) is 140 Å². The first-order valence-electron chi connectivity index (χ1n) is 13.0. The van der Waals surface area contributed by atoms with Crippen molar-refractivity contribution < 1.29 is 9.53 Å². The van der Waals surface area contributed by atoms with Crippen LogP contribution in [0.5, 0.6) is 0 Å². The topological polar surface area (TPSA) is 29.5 Å². The van der Waals surface area contributed by atoms with E-state index in [1.165, 1.54) is 17.6 Å². The molecular formula is C34H33GeNO2. The summed E-state index contributed by atoms with van der Waals surface area (Å²) in [6.45, 7) is 8.62. The van der Waals surface area contributed by atoms with Crippen molar-refractivity contribution in [1.29, 1.82) is 0 Å². The van der Waals surface area contributed by atoms with Crippen LogP contribution >= 0.6 is 0 Å². The Morgan fingerprint density at radius 3 is 1.58 bits per heavy atom. The number of hydrogen-bond donors (Lipinski definition) is 0. The van der Waals surface area contributed by atoms with E-state index in [0.29, 0.717) is 13.0 Å². The van der Waals surface area contributed by atoms with E-state index < -0.39 is 18.8 Å². The Morgan fingerprint density at radius 1 is 0.789 bits per heavy atom. The molecule has 1 saturated heterocycles. The van der Waals surface area contributed by atoms with E-state index in [1.807, 2.05) is 17.0 Å².